The molecule has 0 aliphatic carbocycles. The predicted octanol–water partition coefficient (Wildman–Crippen LogP) is 0.374. The molecule has 1 aliphatic heterocycles. The Kier molecular flexibility index (Phi) is 1.04. The molecule has 0 radical (unpaired) electrons. The molecule has 0 spiro atoms. The topological polar surface area (TPSA) is 48.2 Å². The van der Waals surface area contributed by atoms with E-state index in [0.717, 1.165) is 5.71 Å². The van der Waals surface area contributed by atoms with Gasteiger partial charge in [-0.3, -0.25) is 0 Å². The third-order valence-corrected chi connectivity index (χ3v) is 1.25. The maximum Gasteiger partial charge on any atom is 0.0844 e. The van der Waals surface area contributed by atoms with Crippen molar-refractivity contribution in [3.8, 4) is 0 Å². The molecular weight excluding hydrogens is 102 g/mol. The zero-order valence-corrected chi connectivity index (χ0v) is 5.02. The monoisotopic (exact) mass is 111 g/mol. The van der Waals surface area contributed by atoms with Crippen LogP contribution in [-0.4, -0.2) is 17.5 Å². The van der Waals surface area contributed by atoms with Crippen molar-refractivity contribution in [2.45, 2.75) is 19.9 Å². The van der Waals surface area contributed by atoms with E-state index in [4.69, 9.17) is 5.41 Å². The van der Waals surface area contributed by atoms with Crippen LogP contribution in [0.25, 0.3) is 0 Å². The fourth-order valence-corrected chi connectivity index (χ4v) is 0.632. The van der Waals surface area contributed by atoms with Crippen LogP contribution in [0.5, 0.6) is 0 Å². The van der Waals surface area contributed by atoms with Gasteiger partial charge in [0, 0.05) is 0 Å². The number of hydrazone groups is 1. The summed E-state index contributed by atoms with van der Waals surface area (Å²) in [6.45, 7) is 3.75. The summed E-state index contributed by atoms with van der Waals surface area (Å²) in [5, 5.41) is 11.1. The Hall–Kier alpha value is -0.860. The third-order valence-electron chi connectivity index (χ3n) is 1.25. The quantitative estimate of drug-likeness (QED) is 0.466. The molecule has 0 bridgehead atoms. The summed E-state index contributed by atoms with van der Waals surface area (Å²) in [6.07, 6.45) is 0. The van der Waals surface area contributed by atoms with E-state index in [0.29, 0.717) is 5.71 Å². The second-order valence-corrected chi connectivity index (χ2v) is 1.96. The van der Waals surface area contributed by atoms with Crippen LogP contribution in [0, 0.1) is 5.41 Å². The van der Waals surface area contributed by atoms with Crippen molar-refractivity contribution in [2.75, 3.05) is 0 Å². The Balaban J connectivity index is 2.73. The third kappa shape index (κ3) is 0.598. The summed E-state index contributed by atoms with van der Waals surface area (Å²) in [7, 11) is 0. The van der Waals surface area contributed by atoms with Crippen LogP contribution in [0.1, 0.15) is 13.8 Å². The highest BCUT2D eigenvalue weighted by atomic mass is 15.3. The average molecular weight is 111 g/mol. The number of nitrogens with one attached hydrogen (secondary N) is 2. The van der Waals surface area contributed by atoms with E-state index in [1.54, 1.807) is 0 Å². The zero-order valence-electron chi connectivity index (χ0n) is 5.02. The Labute approximate surface area is 48.3 Å². The number of rotatable bonds is 0. The summed E-state index contributed by atoms with van der Waals surface area (Å²) >= 11 is 0. The largest absolute Gasteiger partial charge is 0.301 e. The Morgan fingerprint density at radius 3 is 2.50 bits per heavy atom. The first kappa shape index (κ1) is 5.28. The van der Waals surface area contributed by atoms with Crippen molar-refractivity contribution in [3.05, 3.63) is 0 Å². The highest BCUT2D eigenvalue weighted by molar-refractivity contribution is 6.43. The van der Waals surface area contributed by atoms with Crippen LogP contribution in [0.2, 0.25) is 0 Å². The van der Waals surface area contributed by atoms with E-state index in [9.17, 15) is 0 Å². The molecule has 0 aromatic carbocycles. The van der Waals surface area contributed by atoms with Crippen molar-refractivity contribution >= 4 is 11.4 Å². The molecule has 1 aliphatic rings. The maximum atomic E-state index is 7.27. The van der Waals surface area contributed by atoms with E-state index >= 15 is 0 Å². The lowest BCUT2D eigenvalue weighted by atomic mass is 10.2. The van der Waals surface area contributed by atoms with Gasteiger partial charge in [0.25, 0.3) is 0 Å². The molecule has 3 heteroatoms. The van der Waals surface area contributed by atoms with Crippen LogP contribution in [0.3, 0.4) is 0 Å². The fraction of sp³-hybridized carbons (Fsp3) is 0.600. The second kappa shape index (κ2) is 1.58. The van der Waals surface area contributed by atoms with E-state index in [1.807, 2.05) is 13.8 Å². The van der Waals surface area contributed by atoms with Gasteiger partial charge in [0.15, 0.2) is 0 Å². The van der Waals surface area contributed by atoms with Gasteiger partial charge in [-0.2, -0.15) is 5.10 Å². The lowest BCUT2D eigenvalue weighted by Crippen LogP contribution is -2.24. The molecule has 1 rings (SSSR count). The van der Waals surface area contributed by atoms with Crippen molar-refractivity contribution in [2.24, 2.45) is 5.10 Å². The van der Waals surface area contributed by atoms with Crippen molar-refractivity contribution < 1.29 is 0 Å². The van der Waals surface area contributed by atoms with Crippen LogP contribution in [0.4, 0.5) is 0 Å². The first-order valence-corrected chi connectivity index (χ1v) is 2.60. The van der Waals surface area contributed by atoms with E-state index < -0.39 is 0 Å². The maximum absolute atomic E-state index is 7.27. The van der Waals surface area contributed by atoms with E-state index in [1.165, 1.54) is 0 Å². The van der Waals surface area contributed by atoms with Gasteiger partial charge < -0.3 is 10.8 Å². The predicted molar refractivity (Wildman–Crippen MR) is 33.4 cm³/mol. The first-order valence-electron chi connectivity index (χ1n) is 2.60. The number of hydrogen-bond acceptors (Lipinski definition) is 3. The molecule has 2 N–H and O–H groups in total. The summed E-state index contributed by atoms with van der Waals surface area (Å²) in [4.78, 5) is 0. The number of hydrogen-bond donors (Lipinski definition) is 2. The Morgan fingerprint density at radius 2 is 2.38 bits per heavy atom. The molecule has 44 valence electrons. The molecule has 3 nitrogen and oxygen atoms in total. The highest BCUT2D eigenvalue weighted by Crippen LogP contribution is 1.95. The molecule has 1 heterocycles. The van der Waals surface area contributed by atoms with Gasteiger partial charge in [-0.25, -0.2) is 0 Å². The lowest BCUT2D eigenvalue weighted by molar-refractivity contribution is 0.726. The van der Waals surface area contributed by atoms with Crippen molar-refractivity contribution in [1.82, 2.24) is 5.43 Å². The summed E-state index contributed by atoms with van der Waals surface area (Å²) in [5.74, 6) is 0. The van der Waals surface area contributed by atoms with Gasteiger partial charge in [-0.1, -0.05) is 0 Å². The van der Waals surface area contributed by atoms with Gasteiger partial charge in [0.2, 0.25) is 0 Å². The average Bonchev–Trinajstić information content (AvgIpc) is 1.98. The van der Waals surface area contributed by atoms with Gasteiger partial charge in [-0.15, -0.1) is 0 Å². The molecule has 0 unspecified atom stereocenters. The van der Waals surface area contributed by atoms with E-state index in [-0.39, 0.29) is 6.04 Å². The molecule has 0 aromatic rings. The molecule has 0 fully saturated rings. The van der Waals surface area contributed by atoms with Gasteiger partial charge in [0.05, 0.1) is 17.5 Å². The molecule has 0 saturated heterocycles. The molecular formula is C5H9N3. The fourth-order valence-electron chi connectivity index (χ4n) is 0.632. The van der Waals surface area contributed by atoms with Crippen LogP contribution < -0.4 is 5.43 Å². The lowest BCUT2D eigenvalue weighted by Gasteiger charge is -1.98. The second-order valence-electron chi connectivity index (χ2n) is 1.96. The molecule has 0 aromatic heterocycles. The summed E-state index contributed by atoms with van der Waals surface area (Å²) in [5.41, 5.74) is 4.19. The van der Waals surface area contributed by atoms with Crippen LogP contribution >= 0.6 is 0 Å². The van der Waals surface area contributed by atoms with Gasteiger partial charge >= 0.3 is 0 Å². The Morgan fingerprint density at radius 1 is 1.75 bits per heavy atom. The van der Waals surface area contributed by atoms with Crippen molar-refractivity contribution in [3.63, 3.8) is 0 Å². The smallest absolute Gasteiger partial charge is 0.0844 e. The summed E-state index contributed by atoms with van der Waals surface area (Å²) < 4.78 is 0. The zero-order chi connectivity index (χ0) is 6.15. The van der Waals surface area contributed by atoms with Gasteiger partial charge in [-0.05, 0) is 13.8 Å². The molecule has 1 atom stereocenters. The SMILES string of the molecule is CC1=NN[C@@H](C)C1=N. The minimum atomic E-state index is 0.120. The molecule has 0 saturated carbocycles. The Bertz CT molecular complexity index is 148. The van der Waals surface area contributed by atoms with E-state index in [2.05, 4.69) is 10.5 Å². The van der Waals surface area contributed by atoms with Crippen LogP contribution in [-0.2, 0) is 0 Å². The van der Waals surface area contributed by atoms with Gasteiger partial charge in [0.1, 0.15) is 0 Å². The minimum absolute atomic E-state index is 0.120. The highest BCUT2D eigenvalue weighted by Gasteiger charge is 2.15. The summed E-state index contributed by atoms with van der Waals surface area (Å²) in [6, 6.07) is 0.120. The normalized spacial score (nSPS) is 27.5. The number of nitrogens with zero attached hydrogens (tertiary/aromatic N) is 1. The van der Waals surface area contributed by atoms with Crippen molar-refractivity contribution in [1.29, 1.82) is 5.41 Å². The van der Waals surface area contributed by atoms with Crippen LogP contribution in [0.15, 0.2) is 5.10 Å². The molecule has 8 heavy (non-hydrogen) atoms. The first-order chi connectivity index (χ1) is 3.72. The molecule has 0 amide bonds. The minimum Gasteiger partial charge on any atom is -0.301 e. The standard InChI is InChI=1S/C5H9N3/c1-3-5(6)4(2)8-7-3/h3,6-7H,1-2H3/t3-/m0/s1.